The maximum absolute atomic E-state index is 10.9. The molecule has 1 heterocycles. The van der Waals surface area contributed by atoms with Crippen molar-refractivity contribution in [1.29, 1.82) is 0 Å². The van der Waals surface area contributed by atoms with Gasteiger partial charge in [-0.3, -0.25) is 10.1 Å². The molecule has 0 bridgehead atoms. The fraction of sp³-hybridized carbons (Fsp3) is 0.417. The Morgan fingerprint density at radius 1 is 1.53 bits per heavy atom. The van der Waals surface area contributed by atoms with Crippen molar-refractivity contribution in [3.05, 3.63) is 28.3 Å². The molecule has 0 saturated heterocycles. The minimum absolute atomic E-state index is 0.0552. The van der Waals surface area contributed by atoms with Gasteiger partial charge in [-0.25, -0.2) is 0 Å². The molecule has 0 amide bonds. The number of fused-ring (bicyclic) bond motifs is 1. The first-order valence-corrected chi connectivity index (χ1v) is 6.14. The number of para-hydroxylation sites is 1. The molecule has 1 fully saturated rings. The van der Waals surface area contributed by atoms with Crippen molar-refractivity contribution < 1.29 is 9.34 Å². The third kappa shape index (κ3) is 2.12. The zero-order chi connectivity index (χ0) is 13.5. The molecule has 1 aromatic heterocycles. The van der Waals surface area contributed by atoms with Crippen molar-refractivity contribution in [2.24, 2.45) is 5.73 Å². The first-order valence-electron chi connectivity index (χ1n) is 6.14. The van der Waals surface area contributed by atoms with Crippen LogP contribution >= 0.6 is 0 Å². The Labute approximate surface area is 108 Å². The van der Waals surface area contributed by atoms with Gasteiger partial charge in [-0.15, -0.1) is 0 Å². The number of hydrogen-bond acceptors (Lipinski definition) is 6. The van der Waals surface area contributed by atoms with Crippen molar-refractivity contribution >= 4 is 22.8 Å². The summed E-state index contributed by atoms with van der Waals surface area (Å²) in [6.45, 7) is 0.563. The summed E-state index contributed by atoms with van der Waals surface area (Å²) in [5.74, 6) is 0. The predicted molar refractivity (Wildman–Crippen MR) is 69.9 cm³/mol. The van der Waals surface area contributed by atoms with E-state index in [1.807, 2.05) is 0 Å². The molecule has 1 aromatic carbocycles. The van der Waals surface area contributed by atoms with E-state index in [4.69, 9.17) is 10.2 Å². The van der Waals surface area contributed by atoms with Crippen molar-refractivity contribution in [1.82, 2.24) is 4.98 Å². The van der Waals surface area contributed by atoms with Crippen molar-refractivity contribution in [3.8, 4) is 0 Å². The van der Waals surface area contributed by atoms with Gasteiger partial charge in [0.25, 0.3) is 11.7 Å². The highest BCUT2D eigenvalue weighted by Crippen LogP contribution is 2.31. The summed E-state index contributed by atoms with van der Waals surface area (Å²) in [5, 5.41) is 13.9. The van der Waals surface area contributed by atoms with E-state index in [-0.39, 0.29) is 22.8 Å². The van der Waals surface area contributed by atoms with Crippen LogP contribution in [0.5, 0.6) is 0 Å². The average molecular weight is 262 g/mol. The Bertz CT molecular complexity index is 633. The number of hydrogen-bond donors (Lipinski definition) is 2. The molecule has 2 aromatic rings. The van der Waals surface area contributed by atoms with Crippen LogP contribution in [0, 0.1) is 10.1 Å². The van der Waals surface area contributed by atoms with E-state index in [1.54, 1.807) is 12.1 Å². The number of aromatic nitrogens is 1. The van der Waals surface area contributed by atoms with Crippen LogP contribution < -0.4 is 11.1 Å². The lowest BCUT2D eigenvalue weighted by Crippen LogP contribution is -2.52. The highest BCUT2D eigenvalue weighted by atomic mass is 16.6. The van der Waals surface area contributed by atoms with Gasteiger partial charge in [0, 0.05) is 18.2 Å². The highest BCUT2D eigenvalue weighted by Gasteiger charge is 2.32. The Balaban J connectivity index is 1.85. The maximum Gasteiger partial charge on any atom is 0.298 e. The number of non-ortho nitro benzene ring substituents is 1. The van der Waals surface area contributed by atoms with Gasteiger partial charge < -0.3 is 15.5 Å². The number of oxazole rings is 1. The van der Waals surface area contributed by atoms with E-state index >= 15 is 0 Å². The third-order valence-corrected chi connectivity index (χ3v) is 3.54. The van der Waals surface area contributed by atoms with E-state index in [1.165, 1.54) is 6.07 Å². The fourth-order valence-corrected chi connectivity index (χ4v) is 2.22. The molecule has 0 aliphatic heterocycles. The summed E-state index contributed by atoms with van der Waals surface area (Å²) in [5.41, 5.74) is 6.48. The van der Waals surface area contributed by atoms with Crippen LogP contribution in [-0.2, 0) is 0 Å². The van der Waals surface area contributed by atoms with Crippen LogP contribution in [0.3, 0.4) is 0 Å². The molecular formula is C12H14N4O3. The number of nitrogens with two attached hydrogens (primary N) is 1. The van der Waals surface area contributed by atoms with Gasteiger partial charge in [0.1, 0.15) is 0 Å². The summed E-state index contributed by atoms with van der Waals surface area (Å²) in [6, 6.07) is 4.92. The summed E-state index contributed by atoms with van der Waals surface area (Å²) >= 11 is 0. The minimum Gasteiger partial charge on any atom is -0.423 e. The first kappa shape index (κ1) is 11.9. The lowest BCUT2D eigenvalue weighted by molar-refractivity contribution is -0.383. The van der Waals surface area contributed by atoms with Crippen LogP contribution in [0.15, 0.2) is 22.6 Å². The summed E-state index contributed by atoms with van der Waals surface area (Å²) in [7, 11) is 0. The molecule has 100 valence electrons. The van der Waals surface area contributed by atoms with E-state index in [0.717, 1.165) is 19.3 Å². The molecule has 1 aliphatic rings. The Morgan fingerprint density at radius 3 is 2.95 bits per heavy atom. The molecule has 19 heavy (non-hydrogen) atoms. The SMILES string of the molecule is NC1(CNc2nc3c([N+](=O)[O-])cccc3o2)CCC1. The summed E-state index contributed by atoms with van der Waals surface area (Å²) < 4.78 is 5.44. The molecule has 0 spiro atoms. The quantitative estimate of drug-likeness (QED) is 0.644. The molecule has 0 atom stereocenters. The fourth-order valence-electron chi connectivity index (χ4n) is 2.22. The summed E-state index contributed by atoms with van der Waals surface area (Å²) in [6.07, 6.45) is 3.08. The van der Waals surface area contributed by atoms with Gasteiger partial charge in [0.2, 0.25) is 0 Å². The predicted octanol–water partition coefficient (Wildman–Crippen LogP) is 2.03. The molecule has 3 rings (SSSR count). The van der Waals surface area contributed by atoms with E-state index in [9.17, 15) is 10.1 Å². The van der Waals surface area contributed by atoms with Crippen LogP contribution in [-0.4, -0.2) is 22.0 Å². The second-order valence-electron chi connectivity index (χ2n) is 4.97. The van der Waals surface area contributed by atoms with Crippen molar-refractivity contribution in [2.45, 2.75) is 24.8 Å². The second kappa shape index (κ2) is 4.20. The van der Waals surface area contributed by atoms with Crippen LogP contribution in [0.4, 0.5) is 11.7 Å². The number of benzene rings is 1. The average Bonchev–Trinajstić information content (AvgIpc) is 2.76. The number of rotatable bonds is 4. The van der Waals surface area contributed by atoms with Crippen molar-refractivity contribution in [3.63, 3.8) is 0 Å². The maximum atomic E-state index is 10.9. The number of nitrogens with zero attached hydrogens (tertiary/aromatic N) is 2. The highest BCUT2D eigenvalue weighted by molar-refractivity contribution is 5.83. The van der Waals surface area contributed by atoms with Crippen LogP contribution in [0.2, 0.25) is 0 Å². The van der Waals surface area contributed by atoms with Gasteiger partial charge in [-0.05, 0) is 25.3 Å². The topological polar surface area (TPSA) is 107 Å². The van der Waals surface area contributed by atoms with E-state index < -0.39 is 4.92 Å². The normalized spacial score (nSPS) is 17.1. The minimum atomic E-state index is -0.467. The number of nitro groups is 1. The van der Waals surface area contributed by atoms with Gasteiger partial charge in [0.15, 0.2) is 11.1 Å². The molecule has 1 saturated carbocycles. The van der Waals surface area contributed by atoms with Gasteiger partial charge in [0.05, 0.1) is 4.92 Å². The smallest absolute Gasteiger partial charge is 0.298 e. The standard InChI is InChI=1S/C12H14N4O3/c13-12(5-2-6-12)7-14-11-15-10-8(16(17)18)3-1-4-9(10)19-11/h1,3-4H,2,5-7,13H2,(H,14,15). The third-order valence-electron chi connectivity index (χ3n) is 3.54. The van der Waals surface area contributed by atoms with E-state index in [2.05, 4.69) is 10.3 Å². The van der Waals surface area contributed by atoms with Crippen LogP contribution in [0.1, 0.15) is 19.3 Å². The molecule has 7 nitrogen and oxygen atoms in total. The van der Waals surface area contributed by atoms with Gasteiger partial charge in [-0.2, -0.15) is 4.98 Å². The van der Waals surface area contributed by atoms with Crippen LogP contribution in [0.25, 0.3) is 11.1 Å². The van der Waals surface area contributed by atoms with Gasteiger partial charge in [-0.1, -0.05) is 6.07 Å². The molecule has 7 heteroatoms. The molecule has 3 N–H and O–H groups in total. The lowest BCUT2D eigenvalue weighted by Gasteiger charge is -2.37. The zero-order valence-electron chi connectivity index (χ0n) is 10.3. The molecule has 0 unspecified atom stereocenters. The summed E-state index contributed by atoms with van der Waals surface area (Å²) in [4.78, 5) is 14.5. The Morgan fingerprint density at radius 2 is 2.32 bits per heavy atom. The Kier molecular flexibility index (Phi) is 2.63. The molecular weight excluding hydrogens is 248 g/mol. The molecule has 0 radical (unpaired) electrons. The van der Waals surface area contributed by atoms with Crippen molar-refractivity contribution in [2.75, 3.05) is 11.9 Å². The van der Waals surface area contributed by atoms with Gasteiger partial charge >= 0.3 is 0 Å². The Hall–Kier alpha value is -2.15. The second-order valence-corrected chi connectivity index (χ2v) is 4.97. The largest absolute Gasteiger partial charge is 0.423 e. The van der Waals surface area contributed by atoms with E-state index in [0.29, 0.717) is 12.1 Å². The number of anilines is 1. The zero-order valence-corrected chi connectivity index (χ0v) is 10.3. The monoisotopic (exact) mass is 262 g/mol. The lowest BCUT2D eigenvalue weighted by atomic mass is 9.78. The molecule has 1 aliphatic carbocycles. The number of nitrogens with one attached hydrogen (secondary N) is 1. The number of nitro benzene ring substituents is 1. The first-order chi connectivity index (χ1) is 9.07.